The lowest BCUT2D eigenvalue weighted by Gasteiger charge is -2.12. The smallest absolute Gasteiger partial charge is 0.325 e. The van der Waals surface area contributed by atoms with Gasteiger partial charge < -0.3 is 15.0 Å². The third kappa shape index (κ3) is 5.96. The number of carbonyl (C=O) groups is 2. The van der Waals surface area contributed by atoms with E-state index in [4.69, 9.17) is 4.74 Å². The molecule has 12 heteroatoms. The van der Waals surface area contributed by atoms with Crippen LogP contribution in [-0.4, -0.2) is 49.3 Å². The van der Waals surface area contributed by atoms with Crippen LogP contribution in [0.1, 0.15) is 28.8 Å². The van der Waals surface area contributed by atoms with Gasteiger partial charge in [-0.1, -0.05) is 17.8 Å². The molecule has 0 aliphatic heterocycles. The highest BCUT2D eigenvalue weighted by Gasteiger charge is 2.18. The lowest BCUT2D eigenvalue weighted by molar-refractivity contribution is -0.113. The molecule has 2 aromatic carbocycles. The third-order valence-corrected chi connectivity index (χ3v) is 6.01. The molecule has 3 N–H and O–H groups in total. The molecule has 0 bridgehead atoms. The van der Waals surface area contributed by atoms with E-state index in [2.05, 4.69) is 25.5 Å². The maximum Gasteiger partial charge on any atom is 0.325 e. The summed E-state index contributed by atoms with van der Waals surface area (Å²) in [5.74, 6) is 0.779. The van der Waals surface area contributed by atoms with E-state index >= 15 is 0 Å². The maximum atomic E-state index is 12.6. The molecular formula is C24H22N6O5S. The van der Waals surface area contributed by atoms with Crippen LogP contribution in [0, 0.1) is 0 Å². The van der Waals surface area contributed by atoms with Gasteiger partial charge in [0.25, 0.3) is 5.56 Å². The van der Waals surface area contributed by atoms with E-state index in [1.165, 1.54) is 24.8 Å². The van der Waals surface area contributed by atoms with Crippen molar-refractivity contribution in [3.63, 3.8) is 0 Å². The summed E-state index contributed by atoms with van der Waals surface area (Å²) in [6, 6.07) is 15.1. The summed E-state index contributed by atoms with van der Waals surface area (Å²) < 4.78 is 7.07. The predicted molar refractivity (Wildman–Crippen MR) is 134 cm³/mol. The Hall–Kier alpha value is -4.45. The normalized spacial score (nSPS) is 10.7. The van der Waals surface area contributed by atoms with Crippen LogP contribution < -0.4 is 21.3 Å². The Morgan fingerprint density at radius 2 is 1.83 bits per heavy atom. The highest BCUT2D eigenvalue weighted by atomic mass is 32.2. The van der Waals surface area contributed by atoms with Crippen LogP contribution in [0.2, 0.25) is 0 Å². The van der Waals surface area contributed by atoms with Crippen LogP contribution in [0.3, 0.4) is 0 Å². The summed E-state index contributed by atoms with van der Waals surface area (Å²) in [5, 5.41) is 11.7. The van der Waals surface area contributed by atoms with E-state index in [-0.39, 0.29) is 23.9 Å². The zero-order valence-electron chi connectivity index (χ0n) is 19.4. The van der Waals surface area contributed by atoms with Crippen molar-refractivity contribution in [2.45, 2.75) is 18.5 Å². The molecule has 0 spiro atoms. The maximum absolute atomic E-state index is 12.6. The summed E-state index contributed by atoms with van der Waals surface area (Å²) in [6.45, 7) is 1.48. The quantitative estimate of drug-likeness (QED) is 0.231. The molecule has 4 aromatic rings. The van der Waals surface area contributed by atoms with E-state index in [0.717, 1.165) is 0 Å². The minimum Gasteiger partial charge on any atom is -0.497 e. The molecule has 0 aliphatic carbocycles. The molecule has 36 heavy (non-hydrogen) atoms. The number of thioether (sulfide) groups is 1. The van der Waals surface area contributed by atoms with E-state index in [1.807, 2.05) is 6.07 Å². The Balaban J connectivity index is 1.57. The summed E-state index contributed by atoms with van der Waals surface area (Å²) in [4.78, 5) is 52.1. The van der Waals surface area contributed by atoms with Crippen molar-refractivity contribution in [1.82, 2.24) is 24.7 Å². The fraction of sp³-hybridized carbons (Fsp3) is 0.167. The zero-order chi connectivity index (χ0) is 25.7. The van der Waals surface area contributed by atoms with E-state index in [1.54, 1.807) is 54.1 Å². The molecular weight excluding hydrogens is 484 g/mol. The second kappa shape index (κ2) is 10.9. The molecule has 0 atom stereocenters. The fourth-order valence-corrected chi connectivity index (χ4v) is 4.19. The number of rotatable bonds is 9. The number of aromatic nitrogens is 5. The first kappa shape index (κ1) is 24.7. The van der Waals surface area contributed by atoms with Gasteiger partial charge in [-0.25, -0.2) is 4.79 Å². The Morgan fingerprint density at radius 3 is 2.53 bits per heavy atom. The number of benzene rings is 2. The molecule has 0 saturated heterocycles. The largest absolute Gasteiger partial charge is 0.497 e. The van der Waals surface area contributed by atoms with Crippen LogP contribution >= 0.6 is 11.8 Å². The number of carbonyl (C=O) groups excluding carboxylic acids is 2. The summed E-state index contributed by atoms with van der Waals surface area (Å²) in [7, 11) is 1.55. The molecule has 184 valence electrons. The predicted octanol–water partition coefficient (Wildman–Crippen LogP) is 2.18. The number of anilines is 1. The minimum absolute atomic E-state index is 0.0401. The van der Waals surface area contributed by atoms with Gasteiger partial charge in [0.15, 0.2) is 10.9 Å². The van der Waals surface area contributed by atoms with Crippen LogP contribution in [-0.2, 0) is 11.2 Å². The van der Waals surface area contributed by atoms with Crippen molar-refractivity contribution in [1.29, 1.82) is 0 Å². The number of aromatic amines is 2. The monoisotopic (exact) mass is 506 g/mol. The average molecular weight is 507 g/mol. The van der Waals surface area contributed by atoms with Gasteiger partial charge in [-0.3, -0.25) is 23.9 Å². The van der Waals surface area contributed by atoms with Crippen molar-refractivity contribution in [2.24, 2.45) is 0 Å². The molecule has 0 fully saturated rings. The highest BCUT2D eigenvalue weighted by molar-refractivity contribution is 7.99. The molecule has 0 aliphatic rings. The molecule has 11 nitrogen and oxygen atoms in total. The fourth-order valence-electron chi connectivity index (χ4n) is 3.42. The molecule has 1 amide bonds. The van der Waals surface area contributed by atoms with Crippen molar-refractivity contribution in [3.8, 4) is 11.4 Å². The number of hydrogen-bond acceptors (Lipinski definition) is 8. The Kier molecular flexibility index (Phi) is 7.44. The standard InChI is InChI=1S/C24H22N6O5S/c1-14(31)15-6-8-16(9-7-15)25-22(33)13-36-24-29-28-20(10-17-11-21(32)27-23(34)26-17)30(24)18-4-3-5-19(12-18)35-2/h3-9,11-12H,10,13H2,1-2H3,(H,25,33)(H2,26,27,32,34). The zero-order valence-corrected chi connectivity index (χ0v) is 20.2. The topological polar surface area (TPSA) is 152 Å². The van der Waals surface area contributed by atoms with Crippen LogP contribution in [0.5, 0.6) is 5.75 Å². The van der Waals surface area contributed by atoms with Crippen LogP contribution in [0.4, 0.5) is 5.69 Å². The lowest BCUT2D eigenvalue weighted by Crippen LogP contribution is -2.23. The first-order valence-electron chi connectivity index (χ1n) is 10.8. The molecule has 2 heterocycles. The van der Waals surface area contributed by atoms with Crippen molar-refractivity contribution in [2.75, 3.05) is 18.2 Å². The summed E-state index contributed by atoms with van der Waals surface area (Å²) in [6.07, 6.45) is 0.124. The molecule has 0 radical (unpaired) electrons. The average Bonchev–Trinajstić information content (AvgIpc) is 3.24. The Labute approximate surface area is 208 Å². The van der Waals surface area contributed by atoms with E-state index in [0.29, 0.717) is 39.4 Å². The number of nitrogens with one attached hydrogen (secondary N) is 3. The van der Waals surface area contributed by atoms with Gasteiger partial charge >= 0.3 is 5.69 Å². The Bertz CT molecular complexity index is 1490. The van der Waals surface area contributed by atoms with Gasteiger partial charge in [0.2, 0.25) is 5.91 Å². The molecule has 4 rings (SSSR count). The summed E-state index contributed by atoms with van der Waals surface area (Å²) in [5.41, 5.74) is 1.03. The van der Waals surface area contributed by atoms with E-state index in [9.17, 15) is 19.2 Å². The van der Waals surface area contributed by atoms with E-state index < -0.39 is 11.2 Å². The van der Waals surface area contributed by atoms with Crippen LogP contribution in [0.15, 0.2) is 69.3 Å². The van der Waals surface area contributed by atoms with Crippen molar-refractivity contribution >= 4 is 29.1 Å². The number of methoxy groups -OCH3 is 1. The lowest BCUT2D eigenvalue weighted by atomic mass is 10.1. The number of Topliss-reactive ketones (excluding diaryl/α,β-unsaturated/α-hetero) is 1. The minimum atomic E-state index is -0.618. The van der Waals surface area contributed by atoms with Crippen LogP contribution in [0.25, 0.3) is 5.69 Å². The molecule has 2 aromatic heterocycles. The van der Waals surface area contributed by atoms with Gasteiger partial charge in [-0.15, -0.1) is 10.2 Å². The second-order valence-corrected chi connectivity index (χ2v) is 8.64. The number of amides is 1. The first-order chi connectivity index (χ1) is 17.3. The number of ketones is 1. The Morgan fingerprint density at radius 1 is 1.06 bits per heavy atom. The van der Waals surface area contributed by atoms with Gasteiger partial charge in [0.1, 0.15) is 11.6 Å². The number of H-pyrrole nitrogens is 2. The third-order valence-electron chi connectivity index (χ3n) is 5.08. The summed E-state index contributed by atoms with van der Waals surface area (Å²) >= 11 is 1.17. The number of hydrogen-bond donors (Lipinski definition) is 3. The number of ether oxygens (including phenoxy) is 1. The second-order valence-electron chi connectivity index (χ2n) is 7.70. The van der Waals surface area contributed by atoms with Gasteiger partial charge in [0, 0.05) is 35.5 Å². The van der Waals surface area contributed by atoms with Crippen molar-refractivity contribution in [3.05, 3.63) is 92.5 Å². The highest BCUT2D eigenvalue weighted by Crippen LogP contribution is 2.25. The molecule has 0 unspecified atom stereocenters. The SMILES string of the molecule is COc1cccc(-n2c(Cc3cc(=O)[nH]c(=O)[nH]3)nnc2SCC(=O)Nc2ccc(C(C)=O)cc2)c1. The van der Waals surface area contributed by atoms with Gasteiger partial charge in [-0.2, -0.15) is 0 Å². The first-order valence-corrected chi connectivity index (χ1v) is 11.8. The van der Waals surface area contributed by atoms with Crippen molar-refractivity contribution < 1.29 is 14.3 Å². The van der Waals surface area contributed by atoms with Gasteiger partial charge in [-0.05, 0) is 43.3 Å². The number of nitrogens with zero attached hydrogens (tertiary/aromatic N) is 3. The molecule has 0 saturated carbocycles. The van der Waals surface area contributed by atoms with Gasteiger partial charge in [0.05, 0.1) is 18.6 Å².